The summed E-state index contributed by atoms with van der Waals surface area (Å²) in [4.78, 5) is 0. The Morgan fingerprint density at radius 1 is 1.16 bits per heavy atom. The number of hydrogen-bond acceptors (Lipinski definition) is 4. The van der Waals surface area contributed by atoms with Crippen molar-refractivity contribution in [1.29, 1.82) is 0 Å². The quantitative estimate of drug-likeness (QED) is 0.322. The Morgan fingerprint density at radius 2 is 1.74 bits per heavy atom. The standard InChI is InChI=1S/C12H23F2O3PS/c1-4-7-10-15-11-8-9-12(13,14)18(19,16-5-2)17-6-3/h8-9H,4-7,10-11H2,1-3H3/b9-8-. The summed E-state index contributed by atoms with van der Waals surface area (Å²) in [6, 6.07) is 0. The molecule has 0 amide bonds. The SMILES string of the molecule is CCCCOC/C=C\C(F)(F)P(=S)(OCC)OCC. The minimum atomic E-state index is -3.63. The molecule has 0 aromatic heterocycles. The lowest BCUT2D eigenvalue weighted by Gasteiger charge is -2.27. The van der Waals surface area contributed by atoms with Crippen LogP contribution >= 0.6 is 6.49 Å². The van der Waals surface area contributed by atoms with Crippen molar-refractivity contribution in [2.45, 2.75) is 39.3 Å². The van der Waals surface area contributed by atoms with Gasteiger partial charge in [-0.15, -0.1) is 0 Å². The van der Waals surface area contributed by atoms with E-state index in [0.29, 0.717) is 6.61 Å². The van der Waals surface area contributed by atoms with Crippen molar-refractivity contribution in [1.82, 2.24) is 0 Å². The number of rotatable bonds is 11. The molecule has 0 radical (unpaired) electrons. The first kappa shape index (κ1) is 19.1. The highest BCUT2D eigenvalue weighted by atomic mass is 32.5. The first-order valence-corrected chi connectivity index (χ1v) is 9.09. The topological polar surface area (TPSA) is 27.7 Å². The molecule has 0 aliphatic heterocycles. The van der Waals surface area contributed by atoms with Crippen molar-refractivity contribution in [3.05, 3.63) is 12.2 Å². The van der Waals surface area contributed by atoms with Gasteiger partial charge in [-0.05, 0) is 38.2 Å². The predicted molar refractivity (Wildman–Crippen MR) is 77.4 cm³/mol. The van der Waals surface area contributed by atoms with Crippen molar-refractivity contribution in [3.8, 4) is 0 Å². The minimum absolute atomic E-state index is 0.105. The zero-order chi connectivity index (χ0) is 14.8. The van der Waals surface area contributed by atoms with Gasteiger partial charge in [0.1, 0.15) is 0 Å². The highest BCUT2D eigenvalue weighted by Gasteiger charge is 2.46. The summed E-state index contributed by atoms with van der Waals surface area (Å²) < 4.78 is 43.1. The molecule has 0 aliphatic rings. The second-order valence-electron chi connectivity index (χ2n) is 3.75. The minimum Gasteiger partial charge on any atom is -0.377 e. The number of hydrogen-bond donors (Lipinski definition) is 0. The van der Waals surface area contributed by atoms with Crippen molar-refractivity contribution in [3.63, 3.8) is 0 Å². The third kappa shape index (κ3) is 6.91. The fourth-order valence-electron chi connectivity index (χ4n) is 1.23. The van der Waals surface area contributed by atoms with E-state index in [1.54, 1.807) is 13.8 Å². The molecule has 7 heteroatoms. The van der Waals surface area contributed by atoms with E-state index in [-0.39, 0.29) is 19.8 Å². The van der Waals surface area contributed by atoms with E-state index in [4.69, 9.17) is 25.6 Å². The lowest BCUT2D eigenvalue weighted by Crippen LogP contribution is -2.17. The van der Waals surface area contributed by atoms with Gasteiger partial charge in [0.25, 0.3) is 6.49 Å². The monoisotopic (exact) mass is 316 g/mol. The van der Waals surface area contributed by atoms with Crippen LogP contribution in [-0.2, 0) is 25.6 Å². The van der Waals surface area contributed by atoms with Crippen LogP contribution in [0.1, 0.15) is 33.6 Å². The Kier molecular flexibility index (Phi) is 10.0. The van der Waals surface area contributed by atoms with Gasteiger partial charge in [-0.1, -0.05) is 19.4 Å². The van der Waals surface area contributed by atoms with Crippen LogP contribution in [0.2, 0.25) is 0 Å². The van der Waals surface area contributed by atoms with Crippen LogP contribution in [0.3, 0.4) is 0 Å². The maximum atomic E-state index is 14.0. The van der Waals surface area contributed by atoms with E-state index in [1.807, 2.05) is 6.92 Å². The highest BCUT2D eigenvalue weighted by molar-refractivity contribution is 8.10. The molecule has 0 fully saturated rings. The average molecular weight is 316 g/mol. The van der Waals surface area contributed by atoms with Crippen LogP contribution < -0.4 is 0 Å². The molecule has 19 heavy (non-hydrogen) atoms. The van der Waals surface area contributed by atoms with Crippen LogP contribution in [0.25, 0.3) is 0 Å². The zero-order valence-corrected chi connectivity index (χ0v) is 13.4. The molecule has 0 aromatic carbocycles. The Hall–Kier alpha value is 0.130. The molecule has 0 atom stereocenters. The fourth-order valence-corrected chi connectivity index (χ4v) is 3.43. The van der Waals surface area contributed by atoms with Gasteiger partial charge in [-0.2, -0.15) is 8.78 Å². The van der Waals surface area contributed by atoms with Gasteiger partial charge in [-0.25, -0.2) is 0 Å². The second kappa shape index (κ2) is 9.94. The lowest BCUT2D eigenvalue weighted by molar-refractivity contribution is 0.101. The van der Waals surface area contributed by atoms with Gasteiger partial charge in [0.2, 0.25) is 0 Å². The summed E-state index contributed by atoms with van der Waals surface area (Å²) >= 11 is 4.88. The lowest BCUT2D eigenvalue weighted by atomic mass is 10.4. The van der Waals surface area contributed by atoms with Crippen LogP contribution in [-0.4, -0.2) is 32.1 Å². The molecule has 0 spiro atoms. The molecule has 0 aliphatic carbocycles. The second-order valence-corrected chi connectivity index (χ2v) is 7.30. The third-order valence-corrected chi connectivity index (χ3v) is 5.58. The van der Waals surface area contributed by atoms with E-state index in [0.717, 1.165) is 18.9 Å². The van der Waals surface area contributed by atoms with E-state index in [9.17, 15) is 8.78 Å². The predicted octanol–water partition coefficient (Wildman–Crippen LogP) is 4.33. The van der Waals surface area contributed by atoms with Gasteiger partial charge in [0, 0.05) is 6.61 Å². The van der Waals surface area contributed by atoms with Crippen LogP contribution in [0.15, 0.2) is 12.2 Å². The molecule has 0 saturated carbocycles. The molecule has 114 valence electrons. The maximum Gasteiger partial charge on any atom is 0.338 e. The van der Waals surface area contributed by atoms with E-state index < -0.39 is 12.2 Å². The van der Waals surface area contributed by atoms with Gasteiger partial charge in [0.05, 0.1) is 19.8 Å². The number of halogens is 2. The summed E-state index contributed by atoms with van der Waals surface area (Å²) in [6.07, 6.45) is 3.94. The van der Waals surface area contributed by atoms with Crippen molar-refractivity contribution in [2.24, 2.45) is 0 Å². The average Bonchev–Trinajstić information content (AvgIpc) is 2.34. The molecule has 0 aromatic rings. The summed E-state index contributed by atoms with van der Waals surface area (Å²) in [7, 11) is 0. The van der Waals surface area contributed by atoms with E-state index in [2.05, 4.69) is 0 Å². The van der Waals surface area contributed by atoms with Gasteiger partial charge >= 0.3 is 5.66 Å². The molecular formula is C12H23F2O3PS. The first-order chi connectivity index (χ1) is 8.93. The van der Waals surface area contributed by atoms with E-state index in [1.165, 1.54) is 6.08 Å². The van der Waals surface area contributed by atoms with Gasteiger partial charge in [0.15, 0.2) is 0 Å². The third-order valence-electron chi connectivity index (χ3n) is 2.14. The van der Waals surface area contributed by atoms with Crippen LogP contribution in [0.5, 0.6) is 0 Å². The summed E-state index contributed by atoms with van der Waals surface area (Å²) in [5.74, 6) is 0. The number of unbranched alkanes of at least 4 members (excludes halogenated alkanes) is 1. The molecule has 3 nitrogen and oxygen atoms in total. The Labute approximate surface area is 119 Å². The van der Waals surface area contributed by atoms with Crippen molar-refractivity contribution >= 4 is 18.3 Å². The number of alkyl halides is 2. The number of ether oxygens (including phenoxy) is 1. The van der Waals surface area contributed by atoms with Crippen molar-refractivity contribution < 1.29 is 22.6 Å². The Bertz CT molecular complexity index is 301. The smallest absolute Gasteiger partial charge is 0.338 e. The number of allylic oxidation sites excluding steroid dienone is 1. The van der Waals surface area contributed by atoms with Crippen molar-refractivity contribution in [2.75, 3.05) is 26.4 Å². The summed E-state index contributed by atoms with van der Waals surface area (Å²) in [6.45, 7) is 2.57. The zero-order valence-electron chi connectivity index (χ0n) is 11.7. The fraction of sp³-hybridized carbons (Fsp3) is 0.833. The first-order valence-electron chi connectivity index (χ1n) is 6.46. The Morgan fingerprint density at radius 3 is 2.21 bits per heavy atom. The van der Waals surface area contributed by atoms with Crippen LogP contribution in [0, 0.1) is 0 Å². The molecule has 0 N–H and O–H groups in total. The highest BCUT2D eigenvalue weighted by Crippen LogP contribution is 2.62. The molecule has 0 heterocycles. The molecule has 0 bridgehead atoms. The maximum absolute atomic E-state index is 14.0. The summed E-state index contributed by atoms with van der Waals surface area (Å²) in [5.41, 5.74) is -3.28. The normalized spacial score (nSPS) is 13.3. The molecule has 0 saturated heterocycles. The van der Waals surface area contributed by atoms with E-state index >= 15 is 0 Å². The van der Waals surface area contributed by atoms with Crippen LogP contribution in [0.4, 0.5) is 8.78 Å². The van der Waals surface area contributed by atoms with Gasteiger partial charge < -0.3 is 13.8 Å². The Balaban J connectivity index is 4.46. The molecule has 0 unspecified atom stereocenters. The van der Waals surface area contributed by atoms with Gasteiger partial charge in [-0.3, -0.25) is 0 Å². The largest absolute Gasteiger partial charge is 0.377 e. The summed E-state index contributed by atoms with van der Waals surface area (Å²) in [5, 5.41) is 0. The molecular weight excluding hydrogens is 293 g/mol. The molecule has 0 rings (SSSR count).